The van der Waals surface area contributed by atoms with Crippen molar-refractivity contribution in [1.29, 1.82) is 0 Å². The minimum Gasteiger partial charge on any atom is -0.495 e. The highest BCUT2D eigenvalue weighted by Crippen LogP contribution is 2.34. The van der Waals surface area contributed by atoms with Gasteiger partial charge in [0.05, 0.1) is 12.8 Å². The van der Waals surface area contributed by atoms with Gasteiger partial charge in [0.1, 0.15) is 5.75 Å². The van der Waals surface area contributed by atoms with Crippen LogP contribution in [0.4, 0.5) is 11.4 Å². The number of ether oxygens (including phenoxy) is 1. The molecule has 1 aromatic rings. The molecule has 0 radical (unpaired) electrons. The number of methoxy groups -OCH3 is 1. The zero-order chi connectivity index (χ0) is 14.8. The van der Waals surface area contributed by atoms with E-state index < -0.39 is 0 Å². The van der Waals surface area contributed by atoms with Crippen LogP contribution in [-0.4, -0.2) is 43.6 Å². The number of nitrogens with zero attached hydrogens (tertiary/aromatic N) is 1. The quantitative estimate of drug-likeness (QED) is 0.892. The summed E-state index contributed by atoms with van der Waals surface area (Å²) in [7, 11) is 1.68. The summed E-state index contributed by atoms with van der Waals surface area (Å²) < 4.78 is 5.44. The van der Waals surface area contributed by atoms with Gasteiger partial charge in [-0.2, -0.15) is 0 Å². The van der Waals surface area contributed by atoms with E-state index in [0.717, 1.165) is 23.5 Å². The molecule has 114 valence electrons. The molecule has 0 aliphatic carbocycles. The highest BCUT2D eigenvalue weighted by molar-refractivity contribution is 5.89. The standard InChI is InChI=1S/C16H23N3O2/c1-11(20)17-13-3-4-16(21-2)15(9-13)18-14-6-8-19-7-5-12(14)10-19/h3-4,9,12,14,18H,5-8,10H2,1-2H3,(H,17,20). The molecular weight excluding hydrogens is 266 g/mol. The summed E-state index contributed by atoms with van der Waals surface area (Å²) in [5.41, 5.74) is 1.77. The minimum absolute atomic E-state index is 0.0600. The number of fused-ring (bicyclic) bond motifs is 2. The van der Waals surface area contributed by atoms with Gasteiger partial charge in [-0.05, 0) is 43.5 Å². The van der Waals surface area contributed by atoms with Crippen molar-refractivity contribution < 1.29 is 9.53 Å². The predicted octanol–water partition coefficient (Wildman–Crippen LogP) is 2.16. The Kier molecular flexibility index (Phi) is 4.01. The van der Waals surface area contributed by atoms with Crippen LogP contribution < -0.4 is 15.4 Å². The number of hydrogen-bond acceptors (Lipinski definition) is 4. The number of benzene rings is 1. The monoisotopic (exact) mass is 289 g/mol. The molecule has 0 spiro atoms. The summed E-state index contributed by atoms with van der Waals surface area (Å²) in [4.78, 5) is 13.7. The van der Waals surface area contributed by atoms with Crippen molar-refractivity contribution in [3.8, 4) is 5.75 Å². The van der Waals surface area contributed by atoms with Crippen LogP contribution in [0.2, 0.25) is 0 Å². The molecule has 2 aliphatic heterocycles. The number of nitrogens with one attached hydrogen (secondary N) is 2. The Morgan fingerprint density at radius 1 is 1.33 bits per heavy atom. The highest BCUT2D eigenvalue weighted by atomic mass is 16.5. The fourth-order valence-corrected chi connectivity index (χ4v) is 3.44. The normalized spacial score (nSPS) is 27.2. The second-order valence-electron chi connectivity index (χ2n) is 5.99. The number of hydrogen-bond donors (Lipinski definition) is 2. The molecule has 2 saturated heterocycles. The summed E-state index contributed by atoms with van der Waals surface area (Å²) in [5.74, 6) is 1.48. The first-order valence-electron chi connectivity index (χ1n) is 7.60. The summed E-state index contributed by atoms with van der Waals surface area (Å²) in [6.07, 6.45) is 2.43. The summed E-state index contributed by atoms with van der Waals surface area (Å²) in [5, 5.41) is 6.46. The number of carbonyl (C=O) groups is 1. The Hall–Kier alpha value is -1.75. The lowest BCUT2D eigenvalue weighted by atomic mass is 9.94. The summed E-state index contributed by atoms with van der Waals surface area (Å²) in [6, 6.07) is 6.22. The lowest BCUT2D eigenvalue weighted by Gasteiger charge is -2.32. The molecule has 2 aliphatic rings. The zero-order valence-corrected chi connectivity index (χ0v) is 12.7. The SMILES string of the molecule is COc1ccc(NC(C)=O)cc1NC1CCN2CCC1C2. The molecule has 0 aromatic heterocycles. The summed E-state index contributed by atoms with van der Waals surface area (Å²) in [6.45, 7) is 5.12. The molecule has 2 N–H and O–H groups in total. The lowest BCUT2D eigenvalue weighted by Crippen LogP contribution is -2.39. The average Bonchev–Trinajstić information content (AvgIpc) is 2.84. The van der Waals surface area contributed by atoms with Crippen LogP contribution in [0.15, 0.2) is 18.2 Å². The van der Waals surface area contributed by atoms with Crippen molar-refractivity contribution >= 4 is 17.3 Å². The van der Waals surface area contributed by atoms with E-state index in [0.29, 0.717) is 12.0 Å². The Bertz CT molecular complexity index is 532. The summed E-state index contributed by atoms with van der Waals surface area (Å²) >= 11 is 0. The molecule has 21 heavy (non-hydrogen) atoms. The first-order valence-corrected chi connectivity index (χ1v) is 7.60. The third-order valence-electron chi connectivity index (χ3n) is 4.49. The van der Waals surface area contributed by atoms with Gasteiger partial charge in [0.15, 0.2) is 0 Å². The maximum atomic E-state index is 11.2. The maximum Gasteiger partial charge on any atom is 0.221 e. The Labute approximate surface area is 125 Å². The van der Waals surface area contributed by atoms with E-state index in [9.17, 15) is 4.79 Å². The van der Waals surface area contributed by atoms with Crippen LogP contribution in [0.3, 0.4) is 0 Å². The number of carbonyl (C=O) groups excluding carboxylic acids is 1. The second-order valence-corrected chi connectivity index (χ2v) is 5.99. The number of piperidine rings is 1. The van der Waals surface area contributed by atoms with Gasteiger partial charge >= 0.3 is 0 Å². The van der Waals surface area contributed by atoms with Crippen molar-refractivity contribution in [2.75, 3.05) is 37.4 Å². The van der Waals surface area contributed by atoms with Crippen LogP contribution in [0, 0.1) is 5.92 Å². The van der Waals surface area contributed by atoms with E-state index in [1.54, 1.807) is 7.11 Å². The Morgan fingerprint density at radius 2 is 2.14 bits per heavy atom. The zero-order valence-electron chi connectivity index (χ0n) is 12.7. The van der Waals surface area contributed by atoms with Gasteiger partial charge in [-0.25, -0.2) is 0 Å². The predicted molar refractivity (Wildman–Crippen MR) is 83.9 cm³/mol. The molecule has 5 heteroatoms. The minimum atomic E-state index is -0.0600. The van der Waals surface area contributed by atoms with Gasteiger partial charge in [-0.1, -0.05) is 0 Å². The van der Waals surface area contributed by atoms with Gasteiger partial charge in [-0.15, -0.1) is 0 Å². The van der Waals surface area contributed by atoms with Crippen molar-refractivity contribution in [3.05, 3.63) is 18.2 Å². The van der Waals surface area contributed by atoms with E-state index in [2.05, 4.69) is 15.5 Å². The average molecular weight is 289 g/mol. The molecule has 2 heterocycles. The second kappa shape index (κ2) is 5.93. The van der Waals surface area contributed by atoms with Gasteiger partial charge in [0.2, 0.25) is 5.91 Å². The highest BCUT2D eigenvalue weighted by Gasteiger charge is 2.34. The van der Waals surface area contributed by atoms with Gasteiger partial charge in [-0.3, -0.25) is 4.79 Å². The third-order valence-corrected chi connectivity index (χ3v) is 4.49. The smallest absolute Gasteiger partial charge is 0.221 e. The number of amides is 1. The van der Waals surface area contributed by atoms with Gasteiger partial charge in [0.25, 0.3) is 0 Å². The Morgan fingerprint density at radius 3 is 2.90 bits per heavy atom. The van der Waals surface area contributed by atoms with E-state index in [4.69, 9.17) is 4.74 Å². The topological polar surface area (TPSA) is 53.6 Å². The first-order chi connectivity index (χ1) is 10.2. The Balaban J connectivity index is 1.77. The third kappa shape index (κ3) is 3.13. The largest absolute Gasteiger partial charge is 0.495 e. The molecule has 3 atom stereocenters. The molecular formula is C16H23N3O2. The van der Waals surface area contributed by atoms with Crippen molar-refractivity contribution in [2.24, 2.45) is 5.92 Å². The molecule has 3 rings (SSSR count). The lowest BCUT2D eigenvalue weighted by molar-refractivity contribution is -0.114. The maximum absolute atomic E-state index is 11.2. The van der Waals surface area contributed by atoms with E-state index in [1.807, 2.05) is 18.2 Å². The molecule has 0 saturated carbocycles. The van der Waals surface area contributed by atoms with E-state index in [-0.39, 0.29) is 5.91 Å². The van der Waals surface area contributed by atoms with Crippen LogP contribution >= 0.6 is 0 Å². The van der Waals surface area contributed by atoms with Crippen LogP contribution in [0.5, 0.6) is 5.75 Å². The molecule has 1 aromatic carbocycles. The molecule has 2 fully saturated rings. The fourth-order valence-electron chi connectivity index (χ4n) is 3.44. The molecule has 1 amide bonds. The van der Waals surface area contributed by atoms with Gasteiger partial charge in [0, 0.05) is 31.7 Å². The van der Waals surface area contributed by atoms with E-state index >= 15 is 0 Å². The van der Waals surface area contributed by atoms with Crippen LogP contribution in [-0.2, 0) is 4.79 Å². The molecule has 5 nitrogen and oxygen atoms in total. The van der Waals surface area contributed by atoms with Crippen LogP contribution in [0.25, 0.3) is 0 Å². The van der Waals surface area contributed by atoms with E-state index in [1.165, 1.54) is 33.0 Å². The first kappa shape index (κ1) is 14.2. The molecule has 2 bridgehead atoms. The van der Waals surface area contributed by atoms with Gasteiger partial charge < -0.3 is 20.3 Å². The van der Waals surface area contributed by atoms with Crippen LogP contribution in [0.1, 0.15) is 19.8 Å². The van der Waals surface area contributed by atoms with Crippen molar-refractivity contribution in [2.45, 2.75) is 25.8 Å². The van der Waals surface area contributed by atoms with Crippen molar-refractivity contribution in [1.82, 2.24) is 4.90 Å². The number of rotatable bonds is 4. The van der Waals surface area contributed by atoms with Crippen molar-refractivity contribution in [3.63, 3.8) is 0 Å². The molecule has 3 unspecified atom stereocenters. The fraction of sp³-hybridized carbons (Fsp3) is 0.562. The number of anilines is 2.